The number of nitrogens with zero attached hydrogens (tertiary/aromatic N) is 1. The Bertz CT molecular complexity index is 551. The summed E-state index contributed by atoms with van der Waals surface area (Å²) in [5, 5.41) is 1.79. The molecule has 0 aliphatic rings. The third kappa shape index (κ3) is 2.22. The molecule has 0 N–H and O–H groups in total. The number of pyridine rings is 1. The average Bonchev–Trinajstić information content (AvgIpc) is 2.34. The molecule has 0 saturated heterocycles. The summed E-state index contributed by atoms with van der Waals surface area (Å²) in [6, 6.07) is 5.80. The first-order chi connectivity index (χ1) is 8.17. The van der Waals surface area contributed by atoms with Crippen molar-refractivity contribution in [2.24, 2.45) is 0 Å². The first kappa shape index (κ1) is 12.2. The molecule has 2 rings (SSSR count). The zero-order chi connectivity index (χ0) is 12.4. The van der Waals surface area contributed by atoms with E-state index in [0.717, 1.165) is 45.8 Å². The molecule has 0 atom stereocenters. The molecule has 0 amide bonds. The van der Waals surface area contributed by atoms with Crippen LogP contribution in [0.4, 0.5) is 0 Å². The molecule has 0 aliphatic heterocycles. The van der Waals surface area contributed by atoms with Crippen LogP contribution in [-0.2, 0) is 6.42 Å². The summed E-state index contributed by atoms with van der Waals surface area (Å²) in [5.41, 5.74) is 3.09. The molecule has 0 aliphatic carbocycles. The number of fused-ring (bicyclic) bond motifs is 1. The maximum atomic E-state index is 6.46. The van der Waals surface area contributed by atoms with Crippen molar-refractivity contribution in [2.45, 2.75) is 26.7 Å². The number of benzene rings is 1. The molecule has 0 bridgehead atoms. The van der Waals surface area contributed by atoms with Crippen LogP contribution in [0.3, 0.4) is 0 Å². The van der Waals surface area contributed by atoms with Crippen LogP contribution in [0.25, 0.3) is 10.9 Å². The van der Waals surface area contributed by atoms with Gasteiger partial charge in [-0.05, 0) is 37.1 Å². The topological polar surface area (TPSA) is 22.1 Å². The largest absolute Gasteiger partial charge is 0.497 e. The Kier molecular flexibility index (Phi) is 3.53. The average molecular weight is 250 g/mol. The molecule has 2 nitrogen and oxygen atoms in total. The number of aryl methyl sites for hydroxylation is 1. The second-order valence-corrected chi connectivity index (χ2v) is 4.50. The van der Waals surface area contributed by atoms with Gasteiger partial charge in [-0.3, -0.25) is 4.98 Å². The smallest absolute Gasteiger partial charge is 0.119 e. The number of ether oxygens (including phenoxy) is 1. The zero-order valence-corrected chi connectivity index (χ0v) is 11.1. The Hall–Kier alpha value is -1.28. The van der Waals surface area contributed by atoms with Crippen molar-refractivity contribution in [3.05, 3.63) is 34.5 Å². The van der Waals surface area contributed by atoms with E-state index in [1.165, 1.54) is 0 Å². The summed E-state index contributed by atoms with van der Waals surface area (Å²) in [7, 11) is 1.66. The molecule has 0 spiro atoms. The van der Waals surface area contributed by atoms with Gasteiger partial charge in [0.25, 0.3) is 0 Å². The number of hydrogen-bond donors (Lipinski definition) is 0. The predicted molar refractivity (Wildman–Crippen MR) is 72.0 cm³/mol. The fourth-order valence-electron chi connectivity index (χ4n) is 2.03. The second kappa shape index (κ2) is 4.92. The van der Waals surface area contributed by atoms with E-state index >= 15 is 0 Å². The van der Waals surface area contributed by atoms with E-state index < -0.39 is 0 Å². The number of rotatable bonds is 3. The summed E-state index contributed by atoms with van der Waals surface area (Å²) in [4.78, 5) is 4.59. The van der Waals surface area contributed by atoms with Gasteiger partial charge in [0.2, 0.25) is 0 Å². The quantitative estimate of drug-likeness (QED) is 0.815. The van der Waals surface area contributed by atoms with Gasteiger partial charge in [-0.25, -0.2) is 0 Å². The Morgan fingerprint density at radius 1 is 1.35 bits per heavy atom. The lowest BCUT2D eigenvalue weighted by atomic mass is 10.1. The molecule has 17 heavy (non-hydrogen) atoms. The Balaban J connectivity index is 2.69. The third-order valence-electron chi connectivity index (χ3n) is 2.93. The van der Waals surface area contributed by atoms with Crippen LogP contribution in [0.2, 0.25) is 5.02 Å². The molecule has 1 aromatic heterocycles. The van der Waals surface area contributed by atoms with Crippen LogP contribution in [0.15, 0.2) is 18.2 Å². The van der Waals surface area contributed by atoms with Crippen LogP contribution in [0, 0.1) is 6.92 Å². The van der Waals surface area contributed by atoms with Gasteiger partial charge in [0.1, 0.15) is 5.75 Å². The number of hydrogen-bond acceptors (Lipinski definition) is 2. The van der Waals surface area contributed by atoms with Crippen molar-refractivity contribution < 1.29 is 4.74 Å². The van der Waals surface area contributed by atoms with Crippen LogP contribution in [-0.4, -0.2) is 12.1 Å². The van der Waals surface area contributed by atoms with Gasteiger partial charge in [0, 0.05) is 11.1 Å². The minimum absolute atomic E-state index is 0.813. The van der Waals surface area contributed by atoms with E-state index in [1.54, 1.807) is 7.11 Å². The molecule has 1 aromatic carbocycles. The predicted octanol–water partition coefficient (Wildman–Crippen LogP) is 4.16. The fraction of sp³-hybridized carbons (Fsp3) is 0.357. The van der Waals surface area contributed by atoms with Crippen molar-refractivity contribution in [1.82, 2.24) is 4.98 Å². The minimum atomic E-state index is 0.813. The fourth-order valence-corrected chi connectivity index (χ4v) is 2.41. The van der Waals surface area contributed by atoms with E-state index in [9.17, 15) is 0 Å². The van der Waals surface area contributed by atoms with Crippen molar-refractivity contribution in [3.8, 4) is 5.75 Å². The number of halogens is 1. The summed E-state index contributed by atoms with van der Waals surface area (Å²) in [5.74, 6) is 0.813. The third-order valence-corrected chi connectivity index (χ3v) is 3.36. The van der Waals surface area contributed by atoms with Crippen LogP contribution < -0.4 is 4.74 Å². The Morgan fingerprint density at radius 3 is 2.76 bits per heavy atom. The summed E-state index contributed by atoms with van der Waals surface area (Å²) in [6.07, 6.45) is 2.03. The Labute approximate surface area is 107 Å². The lowest BCUT2D eigenvalue weighted by molar-refractivity contribution is 0.415. The normalized spacial score (nSPS) is 10.8. The first-order valence-corrected chi connectivity index (χ1v) is 6.18. The number of methoxy groups -OCH3 is 1. The molecule has 0 saturated carbocycles. The summed E-state index contributed by atoms with van der Waals surface area (Å²) < 4.78 is 5.22. The molecule has 3 heteroatoms. The zero-order valence-electron chi connectivity index (χ0n) is 10.4. The van der Waals surface area contributed by atoms with E-state index in [4.69, 9.17) is 16.3 Å². The lowest BCUT2D eigenvalue weighted by Gasteiger charge is -2.11. The van der Waals surface area contributed by atoms with Crippen molar-refractivity contribution in [3.63, 3.8) is 0 Å². The van der Waals surface area contributed by atoms with Gasteiger partial charge in [-0.2, -0.15) is 0 Å². The van der Waals surface area contributed by atoms with Gasteiger partial charge in [0.05, 0.1) is 17.6 Å². The Morgan fingerprint density at radius 2 is 2.12 bits per heavy atom. The second-order valence-electron chi connectivity index (χ2n) is 4.12. The van der Waals surface area contributed by atoms with Gasteiger partial charge >= 0.3 is 0 Å². The molecule has 1 heterocycles. The van der Waals surface area contributed by atoms with Gasteiger partial charge in [0.15, 0.2) is 0 Å². The maximum absolute atomic E-state index is 6.46. The number of aromatic nitrogens is 1. The van der Waals surface area contributed by atoms with Crippen LogP contribution in [0.1, 0.15) is 24.6 Å². The van der Waals surface area contributed by atoms with Gasteiger partial charge in [-0.15, -0.1) is 0 Å². The van der Waals surface area contributed by atoms with Crippen molar-refractivity contribution in [1.29, 1.82) is 0 Å². The van der Waals surface area contributed by atoms with Gasteiger partial charge < -0.3 is 4.74 Å². The van der Waals surface area contributed by atoms with Crippen LogP contribution in [0.5, 0.6) is 5.75 Å². The van der Waals surface area contributed by atoms with Crippen molar-refractivity contribution in [2.75, 3.05) is 7.11 Å². The van der Waals surface area contributed by atoms with Crippen molar-refractivity contribution >= 4 is 22.5 Å². The van der Waals surface area contributed by atoms with E-state index in [2.05, 4.69) is 11.9 Å². The molecular weight excluding hydrogens is 234 g/mol. The SMILES string of the molecule is CCCc1c(C)nc2ccc(OC)cc2c1Cl. The van der Waals surface area contributed by atoms with E-state index in [-0.39, 0.29) is 0 Å². The molecule has 0 unspecified atom stereocenters. The van der Waals surface area contributed by atoms with Gasteiger partial charge in [-0.1, -0.05) is 24.9 Å². The molecule has 90 valence electrons. The van der Waals surface area contributed by atoms with E-state index in [1.807, 2.05) is 25.1 Å². The highest BCUT2D eigenvalue weighted by Crippen LogP contribution is 2.31. The standard InChI is InChI=1S/C14H16ClNO/c1-4-5-11-9(2)16-13-7-6-10(17-3)8-12(13)14(11)15/h6-8H,4-5H2,1-3H3. The molecule has 0 fully saturated rings. The minimum Gasteiger partial charge on any atom is -0.497 e. The first-order valence-electron chi connectivity index (χ1n) is 5.80. The highest BCUT2D eigenvalue weighted by molar-refractivity contribution is 6.36. The highest BCUT2D eigenvalue weighted by Gasteiger charge is 2.10. The summed E-state index contributed by atoms with van der Waals surface area (Å²) >= 11 is 6.46. The molecule has 2 aromatic rings. The van der Waals surface area contributed by atoms with Crippen LogP contribution >= 0.6 is 11.6 Å². The van der Waals surface area contributed by atoms with E-state index in [0.29, 0.717) is 0 Å². The maximum Gasteiger partial charge on any atom is 0.119 e. The highest BCUT2D eigenvalue weighted by atomic mass is 35.5. The monoisotopic (exact) mass is 249 g/mol. The lowest BCUT2D eigenvalue weighted by Crippen LogP contribution is -1.96. The molecule has 0 radical (unpaired) electrons. The summed E-state index contributed by atoms with van der Waals surface area (Å²) in [6.45, 7) is 4.16. The molecular formula is C14H16ClNO.